The van der Waals surface area contributed by atoms with Gasteiger partial charge in [0.25, 0.3) is 0 Å². The van der Waals surface area contributed by atoms with E-state index >= 15 is 0 Å². The largest absolute Gasteiger partial charge is 0.481 e. The van der Waals surface area contributed by atoms with E-state index in [9.17, 15) is 13.6 Å². The number of aliphatic carboxylic acids is 1. The van der Waals surface area contributed by atoms with Crippen molar-refractivity contribution in [3.8, 4) is 0 Å². The lowest BCUT2D eigenvalue weighted by Crippen LogP contribution is -2.40. The van der Waals surface area contributed by atoms with Gasteiger partial charge in [-0.2, -0.15) is 0 Å². The topological polar surface area (TPSA) is 53.4 Å². The van der Waals surface area contributed by atoms with Gasteiger partial charge in [0.2, 0.25) is 0 Å². The van der Waals surface area contributed by atoms with E-state index < -0.39 is 17.6 Å². The zero-order valence-corrected chi connectivity index (χ0v) is 13.7. The number of benzene rings is 1. The first-order valence-electron chi connectivity index (χ1n) is 8.36. The van der Waals surface area contributed by atoms with Crippen LogP contribution in [0.15, 0.2) is 42.6 Å². The highest BCUT2D eigenvalue weighted by molar-refractivity contribution is 5.70. The number of piperidine rings is 1. The molecule has 1 saturated heterocycles. The molecule has 1 unspecified atom stereocenters. The molecular weight excluding hydrogens is 326 g/mol. The first-order chi connectivity index (χ1) is 12.0. The Hall–Kier alpha value is -2.34. The molecular formula is C19H20F2N2O2. The van der Waals surface area contributed by atoms with Crippen molar-refractivity contribution in [3.05, 3.63) is 65.5 Å². The van der Waals surface area contributed by atoms with Gasteiger partial charge in [0.05, 0.1) is 5.92 Å². The number of likely N-dealkylation sites (tertiary alicyclic amines) is 1. The maximum Gasteiger partial charge on any atom is 0.306 e. The van der Waals surface area contributed by atoms with E-state index in [1.165, 1.54) is 12.1 Å². The predicted molar refractivity (Wildman–Crippen MR) is 89.0 cm³/mol. The maximum atomic E-state index is 14.4. The highest BCUT2D eigenvalue weighted by atomic mass is 19.1. The van der Waals surface area contributed by atoms with Gasteiger partial charge in [0.1, 0.15) is 11.6 Å². The average Bonchev–Trinajstić information content (AvgIpc) is 2.61. The van der Waals surface area contributed by atoms with Gasteiger partial charge in [0.15, 0.2) is 0 Å². The van der Waals surface area contributed by atoms with Crippen LogP contribution >= 0.6 is 0 Å². The first kappa shape index (κ1) is 17.5. The Morgan fingerprint density at radius 1 is 1.24 bits per heavy atom. The molecule has 132 valence electrons. The molecule has 1 fully saturated rings. The Morgan fingerprint density at radius 2 is 2.00 bits per heavy atom. The molecule has 0 aliphatic carbocycles. The highest BCUT2D eigenvalue weighted by Crippen LogP contribution is 2.31. The van der Waals surface area contributed by atoms with Crippen LogP contribution in [0.25, 0.3) is 0 Å². The van der Waals surface area contributed by atoms with Crippen LogP contribution in [-0.4, -0.2) is 34.0 Å². The Balaban J connectivity index is 1.85. The number of carbonyl (C=O) groups is 1. The number of rotatable bonds is 5. The quantitative estimate of drug-likeness (QED) is 0.901. The summed E-state index contributed by atoms with van der Waals surface area (Å²) in [5, 5.41) is 9.16. The number of pyridine rings is 1. The summed E-state index contributed by atoms with van der Waals surface area (Å²) >= 11 is 0. The van der Waals surface area contributed by atoms with Crippen molar-refractivity contribution < 1.29 is 18.7 Å². The summed E-state index contributed by atoms with van der Waals surface area (Å²) < 4.78 is 27.7. The van der Waals surface area contributed by atoms with Gasteiger partial charge in [-0.15, -0.1) is 0 Å². The standard InChI is InChI=1S/C19H20F2N2O2/c20-14-4-5-16(17(21)11-14)18(12-15-3-1-2-8-22-15)23-9-6-13(7-10-23)19(24)25/h1-5,8,11,13,18H,6-7,9-10,12H2,(H,24,25). The van der Waals surface area contributed by atoms with Gasteiger partial charge in [-0.05, 0) is 44.1 Å². The fraction of sp³-hybridized carbons (Fsp3) is 0.368. The molecule has 2 heterocycles. The Morgan fingerprint density at radius 3 is 2.60 bits per heavy atom. The van der Waals surface area contributed by atoms with E-state index in [1.807, 2.05) is 18.2 Å². The molecule has 2 aromatic rings. The fourth-order valence-electron chi connectivity index (χ4n) is 3.38. The van der Waals surface area contributed by atoms with Gasteiger partial charge < -0.3 is 5.11 Å². The molecule has 1 aliphatic rings. The minimum atomic E-state index is -0.783. The van der Waals surface area contributed by atoms with Crippen LogP contribution in [0.5, 0.6) is 0 Å². The van der Waals surface area contributed by atoms with Gasteiger partial charge >= 0.3 is 5.97 Å². The molecule has 1 N–H and O–H groups in total. The van der Waals surface area contributed by atoms with Crippen LogP contribution in [-0.2, 0) is 11.2 Å². The zero-order valence-electron chi connectivity index (χ0n) is 13.7. The van der Waals surface area contributed by atoms with E-state index in [2.05, 4.69) is 9.88 Å². The summed E-state index contributed by atoms with van der Waals surface area (Å²) in [5.41, 5.74) is 1.23. The summed E-state index contributed by atoms with van der Waals surface area (Å²) in [7, 11) is 0. The highest BCUT2D eigenvalue weighted by Gasteiger charge is 2.30. The second kappa shape index (κ2) is 7.70. The van der Waals surface area contributed by atoms with Gasteiger partial charge in [-0.1, -0.05) is 12.1 Å². The lowest BCUT2D eigenvalue weighted by atomic mass is 9.92. The third kappa shape index (κ3) is 4.20. The Labute approximate surface area is 145 Å². The van der Waals surface area contributed by atoms with Crippen LogP contribution in [0.4, 0.5) is 8.78 Å². The number of hydrogen-bond acceptors (Lipinski definition) is 3. The number of carboxylic acid groups (broad SMARTS) is 1. The zero-order chi connectivity index (χ0) is 17.8. The van der Waals surface area contributed by atoms with Crippen LogP contribution in [0, 0.1) is 17.6 Å². The summed E-state index contributed by atoms with van der Waals surface area (Å²) in [6.45, 7) is 1.12. The number of nitrogens with zero attached hydrogens (tertiary/aromatic N) is 2. The molecule has 1 aromatic heterocycles. The molecule has 0 spiro atoms. The lowest BCUT2D eigenvalue weighted by Gasteiger charge is -2.37. The van der Waals surface area contributed by atoms with Crippen LogP contribution in [0.2, 0.25) is 0 Å². The number of aromatic nitrogens is 1. The summed E-state index contributed by atoms with van der Waals surface area (Å²) in [6.07, 6.45) is 3.22. The second-order valence-electron chi connectivity index (χ2n) is 6.36. The minimum absolute atomic E-state index is 0.301. The normalized spacial score (nSPS) is 17.4. The molecule has 1 aromatic carbocycles. The van der Waals surface area contributed by atoms with Crippen LogP contribution < -0.4 is 0 Å². The summed E-state index contributed by atoms with van der Waals surface area (Å²) in [5.74, 6) is -2.33. The van der Waals surface area contributed by atoms with E-state index in [0.717, 1.165) is 11.8 Å². The van der Waals surface area contributed by atoms with Crippen molar-refractivity contribution >= 4 is 5.97 Å². The van der Waals surface area contributed by atoms with Gasteiger partial charge in [-0.3, -0.25) is 14.7 Å². The molecule has 6 heteroatoms. The third-order valence-corrected chi connectivity index (χ3v) is 4.77. The predicted octanol–water partition coefficient (Wildman–Crippen LogP) is 3.44. The van der Waals surface area contributed by atoms with Crippen molar-refractivity contribution in [2.45, 2.75) is 25.3 Å². The van der Waals surface area contributed by atoms with Crippen LogP contribution in [0.1, 0.15) is 30.1 Å². The molecule has 1 atom stereocenters. The smallest absolute Gasteiger partial charge is 0.306 e. The van der Waals surface area contributed by atoms with Gasteiger partial charge in [-0.25, -0.2) is 8.78 Å². The van der Waals surface area contributed by atoms with E-state index in [1.54, 1.807) is 6.20 Å². The van der Waals surface area contributed by atoms with Crippen molar-refractivity contribution in [2.75, 3.05) is 13.1 Å². The number of hydrogen-bond donors (Lipinski definition) is 1. The molecule has 0 amide bonds. The van der Waals surface area contributed by atoms with Crippen LogP contribution in [0.3, 0.4) is 0 Å². The van der Waals surface area contributed by atoms with Gasteiger partial charge in [0, 0.05) is 36.0 Å². The van der Waals surface area contributed by atoms with Crippen molar-refractivity contribution in [1.82, 2.24) is 9.88 Å². The third-order valence-electron chi connectivity index (χ3n) is 4.77. The first-order valence-corrected chi connectivity index (χ1v) is 8.36. The monoisotopic (exact) mass is 346 g/mol. The summed E-state index contributed by atoms with van der Waals surface area (Å²) in [6, 6.07) is 8.88. The molecule has 0 bridgehead atoms. The molecule has 1 aliphatic heterocycles. The molecule has 0 saturated carbocycles. The number of halogens is 2. The minimum Gasteiger partial charge on any atom is -0.481 e. The van der Waals surface area contributed by atoms with Crippen molar-refractivity contribution in [3.63, 3.8) is 0 Å². The maximum absolute atomic E-state index is 14.4. The molecule has 0 radical (unpaired) electrons. The number of carboxylic acids is 1. The Kier molecular flexibility index (Phi) is 5.38. The van der Waals surface area contributed by atoms with E-state index in [4.69, 9.17) is 5.11 Å². The van der Waals surface area contributed by atoms with E-state index in [-0.39, 0.29) is 12.0 Å². The SMILES string of the molecule is O=C(O)C1CCN(C(Cc2ccccn2)c2ccc(F)cc2F)CC1. The molecule has 25 heavy (non-hydrogen) atoms. The Bertz CT molecular complexity index is 731. The molecule has 4 nitrogen and oxygen atoms in total. The average molecular weight is 346 g/mol. The summed E-state index contributed by atoms with van der Waals surface area (Å²) in [4.78, 5) is 17.5. The van der Waals surface area contributed by atoms with Crippen molar-refractivity contribution in [1.29, 1.82) is 0 Å². The molecule has 3 rings (SSSR count). The van der Waals surface area contributed by atoms with E-state index in [0.29, 0.717) is 37.9 Å². The second-order valence-corrected chi connectivity index (χ2v) is 6.36. The van der Waals surface area contributed by atoms with Crippen molar-refractivity contribution in [2.24, 2.45) is 5.92 Å². The lowest BCUT2D eigenvalue weighted by molar-refractivity contribution is -0.143. The fourth-order valence-corrected chi connectivity index (χ4v) is 3.38.